The maximum atomic E-state index is 12.9. The van der Waals surface area contributed by atoms with Gasteiger partial charge in [0.2, 0.25) is 10.0 Å². The fourth-order valence-electron chi connectivity index (χ4n) is 2.82. The molecule has 0 aliphatic rings. The monoisotopic (exact) mass is 473 g/mol. The molecule has 2 N–H and O–H groups in total. The lowest BCUT2D eigenvalue weighted by Gasteiger charge is -2.12. The lowest BCUT2D eigenvalue weighted by Crippen LogP contribution is -2.27. The van der Waals surface area contributed by atoms with Crippen LogP contribution in [0.1, 0.15) is 21.7 Å². The summed E-state index contributed by atoms with van der Waals surface area (Å²) < 4.78 is 70.5. The first-order valence-electron chi connectivity index (χ1n) is 8.99. The second kappa shape index (κ2) is 9.20. The van der Waals surface area contributed by atoms with E-state index in [1.165, 1.54) is 30.8 Å². The largest absolute Gasteiger partial charge is 0.465 e. The normalized spacial score (nSPS) is 12.1. The number of esters is 1. The minimum Gasteiger partial charge on any atom is -0.465 e. The van der Waals surface area contributed by atoms with Crippen molar-refractivity contribution in [1.29, 1.82) is 0 Å². The van der Waals surface area contributed by atoms with E-state index in [-0.39, 0.29) is 21.8 Å². The summed E-state index contributed by atoms with van der Waals surface area (Å²) in [6, 6.07) is 6.28. The quantitative estimate of drug-likeness (QED) is 0.381. The predicted octanol–water partition coefficient (Wildman–Crippen LogP) is 3.88. The van der Waals surface area contributed by atoms with Crippen LogP contribution < -0.4 is 10.0 Å². The Morgan fingerprint density at radius 3 is 2.68 bits per heavy atom. The fraction of sp³-hybridized carbons (Fsp3) is 0.263. The molecule has 0 aliphatic carbocycles. The van der Waals surface area contributed by atoms with E-state index in [1.807, 2.05) is 0 Å². The van der Waals surface area contributed by atoms with Crippen LogP contribution in [0.3, 0.4) is 0 Å². The Bertz CT molecular complexity index is 1190. The van der Waals surface area contributed by atoms with Gasteiger partial charge in [-0.2, -0.15) is 13.2 Å². The third kappa shape index (κ3) is 5.32. The number of nitrogens with one attached hydrogen (secondary N) is 2. The van der Waals surface area contributed by atoms with Gasteiger partial charge in [-0.05, 0) is 36.1 Å². The third-order valence-electron chi connectivity index (χ3n) is 4.32. The Kier molecular flexibility index (Phi) is 6.82. The SMILES string of the molecule is COC(=O)c1sccc1S(=O)(=O)NCCCNc1ccnc2cc(C(F)(F)F)ccc12. The zero-order chi connectivity index (χ0) is 22.6. The smallest absolute Gasteiger partial charge is 0.416 e. The lowest BCUT2D eigenvalue weighted by molar-refractivity contribution is -0.137. The molecule has 0 spiro atoms. The van der Waals surface area contributed by atoms with E-state index in [1.54, 1.807) is 6.07 Å². The van der Waals surface area contributed by atoms with Gasteiger partial charge in [-0.1, -0.05) is 6.07 Å². The van der Waals surface area contributed by atoms with Crippen molar-refractivity contribution in [2.24, 2.45) is 0 Å². The molecule has 166 valence electrons. The number of methoxy groups -OCH3 is 1. The van der Waals surface area contributed by atoms with Gasteiger partial charge in [0.05, 0.1) is 18.2 Å². The Hall–Kier alpha value is -2.70. The average Bonchev–Trinajstić information content (AvgIpc) is 3.23. The molecule has 0 saturated heterocycles. The molecule has 0 saturated carbocycles. The average molecular weight is 473 g/mol. The maximum absolute atomic E-state index is 12.9. The molecular weight excluding hydrogens is 455 g/mol. The number of anilines is 1. The highest BCUT2D eigenvalue weighted by molar-refractivity contribution is 7.89. The third-order valence-corrected chi connectivity index (χ3v) is 6.85. The van der Waals surface area contributed by atoms with Crippen LogP contribution in [0.15, 0.2) is 46.8 Å². The van der Waals surface area contributed by atoms with Crippen molar-refractivity contribution in [3.05, 3.63) is 52.3 Å². The molecular formula is C19H18F3N3O4S2. The van der Waals surface area contributed by atoms with Gasteiger partial charge >= 0.3 is 12.1 Å². The molecule has 3 rings (SSSR count). The summed E-state index contributed by atoms with van der Waals surface area (Å²) in [6.45, 7) is 0.448. The molecule has 2 aromatic heterocycles. The summed E-state index contributed by atoms with van der Waals surface area (Å²) in [4.78, 5) is 15.5. The molecule has 0 aliphatic heterocycles. The fourth-order valence-corrected chi connectivity index (χ4v) is 5.23. The van der Waals surface area contributed by atoms with Crippen LogP contribution in [0.2, 0.25) is 0 Å². The van der Waals surface area contributed by atoms with E-state index in [2.05, 4.69) is 19.8 Å². The molecule has 0 amide bonds. The highest BCUT2D eigenvalue weighted by Crippen LogP contribution is 2.32. The van der Waals surface area contributed by atoms with Crippen LogP contribution in [-0.4, -0.2) is 39.6 Å². The number of pyridine rings is 1. The number of hydrogen-bond acceptors (Lipinski definition) is 7. The molecule has 0 radical (unpaired) electrons. The second-order valence-electron chi connectivity index (χ2n) is 6.37. The van der Waals surface area contributed by atoms with Crippen molar-refractivity contribution >= 4 is 43.9 Å². The predicted molar refractivity (Wildman–Crippen MR) is 111 cm³/mol. The molecule has 0 atom stereocenters. The van der Waals surface area contributed by atoms with E-state index >= 15 is 0 Å². The number of thiophene rings is 1. The molecule has 7 nitrogen and oxygen atoms in total. The van der Waals surface area contributed by atoms with Crippen LogP contribution in [0, 0.1) is 0 Å². The van der Waals surface area contributed by atoms with Gasteiger partial charge in [-0.25, -0.2) is 17.9 Å². The van der Waals surface area contributed by atoms with Gasteiger partial charge < -0.3 is 10.1 Å². The summed E-state index contributed by atoms with van der Waals surface area (Å²) in [6.07, 6.45) is -2.66. The molecule has 12 heteroatoms. The number of aromatic nitrogens is 1. The summed E-state index contributed by atoms with van der Waals surface area (Å²) in [5.74, 6) is -0.727. The number of benzene rings is 1. The van der Waals surface area contributed by atoms with E-state index in [0.717, 1.165) is 23.5 Å². The molecule has 1 aromatic carbocycles. The van der Waals surface area contributed by atoms with Crippen LogP contribution in [0.4, 0.5) is 18.9 Å². The summed E-state index contributed by atoms with van der Waals surface area (Å²) in [7, 11) is -2.72. The van der Waals surface area contributed by atoms with Crippen LogP contribution in [-0.2, 0) is 20.9 Å². The standard InChI is InChI=1S/C19H18F3N3O4S2/c1-29-18(26)17-16(6-10-30-17)31(27,28)25-8-2-7-23-14-5-9-24-15-11-12(19(20,21)22)3-4-13(14)15/h3-6,9-11,25H,2,7-8H2,1H3,(H,23,24). The molecule has 0 fully saturated rings. The van der Waals surface area contributed by atoms with E-state index in [4.69, 9.17) is 0 Å². The number of nitrogens with zero attached hydrogens (tertiary/aromatic N) is 1. The molecule has 0 unspecified atom stereocenters. The number of ether oxygens (including phenoxy) is 1. The number of carbonyl (C=O) groups is 1. The van der Waals surface area contributed by atoms with Gasteiger partial charge in [-0.3, -0.25) is 4.98 Å². The van der Waals surface area contributed by atoms with E-state index < -0.39 is 27.7 Å². The van der Waals surface area contributed by atoms with Crippen molar-refractivity contribution in [2.45, 2.75) is 17.5 Å². The van der Waals surface area contributed by atoms with Gasteiger partial charge in [0.15, 0.2) is 0 Å². The van der Waals surface area contributed by atoms with Gasteiger partial charge in [0.25, 0.3) is 0 Å². The van der Waals surface area contributed by atoms with Crippen LogP contribution in [0.25, 0.3) is 10.9 Å². The zero-order valence-electron chi connectivity index (χ0n) is 16.2. The number of alkyl halides is 3. The number of halogens is 3. The topological polar surface area (TPSA) is 97.4 Å². The maximum Gasteiger partial charge on any atom is 0.416 e. The number of carbonyl (C=O) groups excluding carboxylic acids is 1. The number of fused-ring (bicyclic) bond motifs is 1. The van der Waals surface area contributed by atoms with Crippen molar-refractivity contribution in [2.75, 3.05) is 25.5 Å². The van der Waals surface area contributed by atoms with Gasteiger partial charge in [0, 0.05) is 30.4 Å². The van der Waals surface area contributed by atoms with Gasteiger partial charge in [0.1, 0.15) is 9.77 Å². The first-order chi connectivity index (χ1) is 14.6. The van der Waals surface area contributed by atoms with Crippen molar-refractivity contribution < 1.29 is 31.1 Å². The van der Waals surface area contributed by atoms with E-state index in [9.17, 15) is 26.4 Å². The summed E-state index contributed by atoms with van der Waals surface area (Å²) in [5, 5.41) is 5.09. The van der Waals surface area contributed by atoms with Crippen molar-refractivity contribution in [1.82, 2.24) is 9.71 Å². The summed E-state index contributed by atoms with van der Waals surface area (Å²) >= 11 is 0.971. The molecule has 2 heterocycles. The van der Waals surface area contributed by atoms with Gasteiger partial charge in [-0.15, -0.1) is 11.3 Å². The lowest BCUT2D eigenvalue weighted by atomic mass is 10.1. The van der Waals surface area contributed by atoms with E-state index in [0.29, 0.717) is 24.0 Å². The van der Waals surface area contributed by atoms with Crippen molar-refractivity contribution in [3.63, 3.8) is 0 Å². The number of rotatable bonds is 8. The van der Waals surface area contributed by atoms with Crippen molar-refractivity contribution in [3.8, 4) is 0 Å². The Morgan fingerprint density at radius 1 is 1.19 bits per heavy atom. The highest BCUT2D eigenvalue weighted by atomic mass is 32.2. The Morgan fingerprint density at radius 2 is 1.97 bits per heavy atom. The first-order valence-corrected chi connectivity index (χ1v) is 11.3. The molecule has 3 aromatic rings. The molecule has 0 bridgehead atoms. The van der Waals surface area contributed by atoms with Crippen LogP contribution in [0.5, 0.6) is 0 Å². The Labute approximate surface area is 180 Å². The second-order valence-corrected chi connectivity index (χ2v) is 9.02. The van der Waals surface area contributed by atoms with Crippen LogP contribution >= 0.6 is 11.3 Å². The number of hydrogen-bond donors (Lipinski definition) is 2. The first kappa shape index (κ1) is 23.0. The summed E-state index contributed by atoms with van der Waals surface area (Å²) in [5.41, 5.74) is 0.0135. The minimum absolute atomic E-state index is 0.00499. The molecule has 31 heavy (non-hydrogen) atoms. The Balaban J connectivity index is 1.60. The minimum atomic E-state index is -4.45. The zero-order valence-corrected chi connectivity index (χ0v) is 17.8. The highest BCUT2D eigenvalue weighted by Gasteiger charge is 2.30. The number of sulfonamides is 1.